The van der Waals surface area contributed by atoms with Crippen molar-refractivity contribution in [3.63, 3.8) is 0 Å². The number of rotatable bonds is 7. The Morgan fingerprint density at radius 3 is 2.08 bits per heavy atom. The number of pyridine rings is 1. The topological polar surface area (TPSA) is 76.2 Å². The van der Waals surface area contributed by atoms with E-state index in [-0.39, 0.29) is 0 Å². The fourth-order valence-corrected chi connectivity index (χ4v) is 5.60. The highest BCUT2D eigenvalue weighted by Crippen LogP contribution is 2.48. The Hall–Kier alpha value is -3.93. The minimum atomic E-state index is -0.743. The van der Waals surface area contributed by atoms with E-state index in [0.717, 1.165) is 39.2 Å². The smallest absolute Gasteiger partial charge is 0.314 e. The van der Waals surface area contributed by atoms with Gasteiger partial charge in [0.05, 0.1) is 26.8 Å². The molecule has 0 unspecified atom stereocenters. The van der Waals surface area contributed by atoms with Gasteiger partial charge in [-0.25, -0.2) is 0 Å². The highest BCUT2D eigenvalue weighted by atomic mass is 35.5. The maximum atomic E-state index is 11.6. The molecule has 2 aromatic heterocycles. The Morgan fingerprint density at radius 1 is 0.872 bits per heavy atom. The summed E-state index contributed by atoms with van der Waals surface area (Å²) in [5.74, 6) is -0.0399. The van der Waals surface area contributed by atoms with E-state index in [1.165, 1.54) is 0 Å². The van der Waals surface area contributed by atoms with Crippen molar-refractivity contribution in [3.05, 3.63) is 117 Å². The van der Waals surface area contributed by atoms with Crippen molar-refractivity contribution >= 4 is 29.2 Å². The summed E-state index contributed by atoms with van der Waals surface area (Å²) in [7, 11) is 0. The number of hydrogen-bond acceptors (Lipinski definition) is 4. The monoisotopic (exact) mass is 554 g/mol. The van der Waals surface area contributed by atoms with E-state index in [0.29, 0.717) is 46.3 Å². The second-order valence-corrected chi connectivity index (χ2v) is 10.7. The quantitative estimate of drug-likeness (QED) is 0.218. The van der Waals surface area contributed by atoms with E-state index in [2.05, 4.69) is 5.16 Å². The Bertz CT molecular complexity index is 1670. The molecular formula is C32H24Cl2N2O3. The van der Waals surface area contributed by atoms with Crippen LogP contribution in [0.3, 0.4) is 0 Å². The van der Waals surface area contributed by atoms with Crippen molar-refractivity contribution in [3.8, 4) is 33.7 Å². The second kappa shape index (κ2) is 9.99. The van der Waals surface area contributed by atoms with E-state index >= 15 is 0 Å². The summed E-state index contributed by atoms with van der Waals surface area (Å²) in [5, 5.41) is 14.9. The third-order valence-electron chi connectivity index (χ3n) is 7.45. The van der Waals surface area contributed by atoms with Crippen LogP contribution >= 0.6 is 23.2 Å². The Morgan fingerprint density at radius 2 is 1.46 bits per heavy atom. The van der Waals surface area contributed by atoms with Crippen LogP contribution in [0.4, 0.5) is 0 Å². The maximum Gasteiger partial charge on any atom is 0.314 e. The lowest BCUT2D eigenvalue weighted by molar-refractivity contribution is -0.140. The van der Waals surface area contributed by atoms with Crippen LogP contribution in [-0.2, 0) is 16.6 Å². The van der Waals surface area contributed by atoms with E-state index in [1.54, 1.807) is 12.1 Å². The zero-order chi connectivity index (χ0) is 27.1. The lowest BCUT2D eigenvalue weighted by Gasteiger charge is -2.11. The average Bonchev–Trinajstić information content (AvgIpc) is 3.68. The van der Waals surface area contributed by atoms with Crippen LogP contribution in [0.1, 0.15) is 35.4 Å². The molecule has 1 aliphatic carbocycles. The Kier molecular flexibility index (Phi) is 6.49. The number of aromatic nitrogens is 2. The zero-order valence-electron chi connectivity index (χ0n) is 21.1. The fourth-order valence-electron chi connectivity index (χ4n) is 5.01. The zero-order valence-corrected chi connectivity index (χ0v) is 22.6. The molecule has 0 spiro atoms. The molecule has 39 heavy (non-hydrogen) atoms. The summed E-state index contributed by atoms with van der Waals surface area (Å²) in [6, 6.07) is 27.2. The van der Waals surface area contributed by atoms with Crippen molar-refractivity contribution in [2.75, 3.05) is 0 Å². The first-order valence-corrected chi connectivity index (χ1v) is 13.4. The lowest BCUT2D eigenvalue weighted by atomic mass is 9.93. The molecule has 1 fully saturated rings. The van der Waals surface area contributed by atoms with E-state index < -0.39 is 11.4 Å². The number of aryl methyl sites for hydroxylation is 1. The molecule has 5 aromatic rings. The SMILES string of the molecule is Cc1noc(-c2ccc(-c3ccc(C4(C(=O)O)CC4)cc3)cc2)c1Cc1cccc(-c2c(Cl)cccc2Cl)n1. The summed E-state index contributed by atoms with van der Waals surface area (Å²) in [6.07, 6.45) is 1.93. The van der Waals surface area contributed by atoms with E-state index in [1.807, 2.05) is 79.7 Å². The molecule has 0 atom stereocenters. The first kappa shape index (κ1) is 25.4. The molecule has 5 nitrogen and oxygen atoms in total. The first-order chi connectivity index (χ1) is 18.9. The van der Waals surface area contributed by atoms with Gasteiger partial charge < -0.3 is 9.63 Å². The predicted octanol–water partition coefficient (Wildman–Crippen LogP) is 8.39. The summed E-state index contributed by atoms with van der Waals surface area (Å²) in [6.45, 7) is 1.93. The number of halogens is 2. The van der Waals surface area contributed by atoms with Crippen LogP contribution in [0.15, 0.2) is 89.5 Å². The van der Waals surface area contributed by atoms with Gasteiger partial charge in [0.2, 0.25) is 0 Å². The van der Waals surface area contributed by atoms with Crippen LogP contribution in [0, 0.1) is 6.92 Å². The van der Waals surface area contributed by atoms with Crippen LogP contribution < -0.4 is 0 Å². The highest BCUT2D eigenvalue weighted by Gasteiger charge is 2.51. The largest absolute Gasteiger partial charge is 0.481 e. The van der Waals surface area contributed by atoms with Gasteiger partial charge in [-0.3, -0.25) is 9.78 Å². The van der Waals surface area contributed by atoms with Crippen molar-refractivity contribution in [2.24, 2.45) is 0 Å². The first-order valence-electron chi connectivity index (χ1n) is 12.7. The standard InChI is InChI=1S/C32H24Cl2N2O3/c1-19-25(18-24-4-2-7-28(35-24)29-26(33)5-3-6-27(29)34)30(39-36-19)22-10-8-20(9-11-22)21-12-14-23(15-13-21)32(16-17-32)31(37)38/h2-15H,16-18H2,1H3,(H,37,38). The minimum absolute atomic E-state index is 0.537. The molecule has 0 saturated heterocycles. The van der Waals surface area contributed by atoms with Crippen LogP contribution in [0.5, 0.6) is 0 Å². The molecule has 194 valence electrons. The molecule has 2 heterocycles. The van der Waals surface area contributed by atoms with E-state index in [4.69, 9.17) is 32.7 Å². The molecule has 0 amide bonds. The van der Waals surface area contributed by atoms with Crippen LogP contribution in [-0.4, -0.2) is 21.2 Å². The van der Waals surface area contributed by atoms with Crippen LogP contribution in [0.2, 0.25) is 10.0 Å². The molecular weight excluding hydrogens is 531 g/mol. The molecule has 0 bridgehead atoms. The van der Waals surface area contributed by atoms with Crippen molar-refractivity contribution in [1.29, 1.82) is 0 Å². The average molecular weight is 555 g/mol. The number of carboxylic acids is 1. The van der Waals surface area contributed by atoms with Crippen molar-refractivity contribution < 1.29 is 14.4 Å². The third-order valence-corrected chi connectivity index (χ3v) is 8.08. The van der Waals surface area contributed by atoms with Gasteiger partial charge in [-0.2, -0.15) is 0 Å². The number of benzene rings is 3. The van der Waals surface area contributed by atoms with Crippen molar-refractivity contribution in [2.45, 2.75) is 31.6 Å². The summed E-state index contributed by atoms with van der Waals surface area (Å²) >= 11 is 12.8. The Balaban J connectivity index is 1.25. The highest BCUT2D eigenvalue weighted by molar-refractivity contribution is 6.39. The number of carboxylic acid groups (broad SMARTS) is 1. The normalized spacial score (nSPS) is 13.8. The molecule has 0 aliphatic heterocycles. The summed E-state index contributed by atoms with van der Waals surface area (Å²) in [4.78, 5) is 16.5. The van der Waals surface area contributed by atoms with Gasteiger partial charge in [0.1, 0.15) is 0 Å². The third kappa shape index (κ3) is 4.73. The van der Waals surface area contributed by atoms with Crippen molar-refractivity contribution in [1.82, 2.24) is 10.1 Å². The van der Waals surface area contributed by atoms with Gasteiger partial charge in [0.25, 0.3) is 0 Å². The molecule has 6 rings (SSSR count). The number of nitrogens with zero attached hydrogens (tertiary/aromatic N) is 2. The molecule has 7 heteroatoms. The Labute approximate surface area is 236 Å². The lowest BCUT2D eigenvalue weighted by Crippen LogP contribution is -2.19. The van der Waals surface area contributed by atoms with Gasteiger partial charge in [0.15, 0.2) is 5.76 Å². The summed E-state index contributed by atoms with van der Waals surface area (Å²) in [5.41, 5.74) is 7.19. The van der Waals surface area contributed by atoms with Gasteiger partial charge in [0, 0.05) is 28.8 Å². The van der Waals surface area contributed by atoms with Gasteiger partial charge in [-0.05, 0) is 60.7 Å². The molecule has 1 aliphatic rings. The molecule has 1 saturated carbocycles. The van der Waals surface area contributed by atoms with Crippen LogP contribution in [0.25, 0.3) is 33.7 Å². The number of aliphatic carboxylic acids is 1. The second-order valence-electron chi connectivity index (χ2n) is 9.91. The number of hydrogen-bond donors (Lipinski definition) is 1. The number of carbonyl (C=O) groups is 1. The minimum Gasteiger partial charge on any atom is -0.481 e. The molecule has 0 radical (unpaired) electrons. The predicted molar refractivity (Wildman–Crippen MR) is 153 cm³/mol. The fraction of sp³-hybridized carbons (Fsp3) is 0.156. The van der Waals surface area contributed by atoms with E-state index in [9.17, 15) is 9.90 Å². The summed E-state index contributed by atoms with van der Waals surface area (Å²) < 4.78 is 5.76. The maximum absolute atomic E-state index is 11.6. The van der Waals surface area contributed by atoms with Gasteiger partial charge in [-0.15, -0.1) is 0 Å². The van der Waals surface area contributed by atoms with Gasteiger partial charge in [-0.1, -0.05) is 89.0 Å². The molecule has 3 aromatic carbocycles. The van der Waals surface area contributed by atoms with Gasteiger partial charge >= 0.3 is 5.97 Å². The molecule has 1 N–H and O–H groups in total.